The molecular formula is C35H52N2O5. The molecule has 2 aliphatic heterocycles. The van der Waals surface area contributed by atoms with E-state index in [1.165, 1.54) is 12.8 Å². The van der Waals surface area contributed by atoms with Crippen LogP contribution in [0.3, 0.4) is 0 Å². The summed E-state index contributed by atoms with van der Waals surface area (Å²) in [7, 11) is 0. The van der Waals surface area contributed by atoms with Gasteiger partial charge in [0.1, 0.15) is 6.10 Å². The molecule has 3 fully saturated rings. The molecule has 42 heavy (non-hydrogen) atoms. The molecule has 2 amide bonds. The second-order valence-corrected chi connectivity index (χ2v) is 13.8. The zero-order valence-corrected chi connectivity index (χ0v) is 26.0. The van der Waals surface area contributed by atoms with E-state index in [-0.39, 0.29) is 59.9 Å². The molecule has 1 saturated carbocycles. The lowest BCUT2D eigenvalue weighted by Crippen LogP contribution is -2.48. The second-order valence-electron chi connectivity index (χ2n) is 13.8. The van der Waals surface area contributed by atoms with Gasteiger partial charge in [0, 0.05) is 38.3 Å². The fourth-order valence-electron chi connectivity index (χ4n) is 7.49. The van der Waals surface area contributed by atoms with Gasteiger partial charge < -0.3 is 15.3 Å². The average molecular weight is 581 g/mol. The summed E-state index contributed by atoms with van der Waals surface area (Å²) in [5, 5.41) is 14.0. The number of amides is 2. The first-order chi connectivity index (χ1) is 20.1. The highest BCUT2D eigenvalue weighted by molar-refractivity contribution is 5.93. The van der Waals surface area contributed by atoms with Crippen molar-refractivity contribution in [2.75, 3.05) is 6.54 Å². The Hall–Kier alpha value is -2.54. The zero-order valence-electron chi connectivity index (χ0n) is 26.0. The van der Waals surface area contributed by atoms with Crippen LogP contribution in [0.4, 0.5) is 0 Å². The number of fused-ring (bicyclic) bond motifs is 3. The van der Waals surface area contributed by atoms with Gasteiger partial charge in [-0.25, -0.2) is 0 Å². The number of piperidine rings is 1. The molecule has 0 radical (unpaired) electrons. The molecule has 2 N–H and O–H groups in total. The number of nitrogens with zero attached hydrogens (tertiary/aromatic N) is 1. The number of Topliss-reactive ketones (excluding diaryl/α,β-unsaturated/α-hetero) is 2. The molecule has 4 rings (SSSR count). The van der Waals surface area contributed by atoms with E-state index in [1.807, 2.05) is 42.2 Å². The number of nitrogens with one attached hydrogen (secondary N) is 1. The van der Waals surface area contributed by atoms with Gasteiger partial charge >= 0.3 is 0 Å². The summed E-state index contributed by atoms with van der Waals surface area (Å²) < 4.78 is 0. The van der Waals surface area contributed by atoms with Crippen LogP contribution in [-0.2, 0) is 25.7 Å². The third-order valence-corrected chi connectivity index (χ3v) is 10.4. The summed E-state index contributed by atoms with van der Waals surface area (Å²) in [4.78, 5) is 54.9. The Morgan fingerprint density at radius 1 is 0.952 bits per heavy atom. The van der Waals surface area contributed by atoms with Crippen LogP contribution in [0.25, 0.3) is 0 Å². The maximum absolute atomic E-state index is 14.0. The molecule has 0 spiro atoms. The standard InChI is InChI=1S/C35H52N2O5/c1-24-15-11-8-6-4-5-7-9-14-18-26(21-29(39)32-31-27(35(31,2)3)23-37(32)34(24)42)33(41)28(38)19-20-30(40)36-22-25-16-12-10-13-17-25/h10,12-13,16-17,24,26-27,31-33,41H,4-9,11,14-15,18-23H2,1-3H3,(H,36,40)/t24-,26+,27-,31-,32?,33?/m0/s1. The Labute approximate surface area is 252 Å². The molecule has 232 valence electrons. The van der Waals surface area contributed by atoms with Crippen molar-refractivity contribution in [3.05, 3.63) is 35.9 Å². The van der Waals surface area contributed by atoms with Gasteiger partial charge in [0.2, 0.25) is 11.8 Å². The molecule has 1 aromatic carbocycles. The topological polar surface area (TPSA) is 104 Å². The number of carbonyl (C=O) groups excluding carboxylic acids is 4. The molecule has 0 aromatic heterocycles. The molecule has 6 atom stereocenters. The van der Waals surface area contributed by atoms with Crippen LogP contribution < -0.4 is 5.32 Å². The maximum Gasteiger partial charge on any atom is 0.226 e. The van der Waals surface area contributed by atoms with E-state index in [0.717, 1.165) is 50.5 Å². The highest BCUT2D eigenvalue weighted by Crippen LogP contribution is 2.65. The van der Waals surface area contributed by atoms with Crippen LogP contribution in [-0.4, -0.2) is 52.1 Å². The van der Waals surface area contributed by atoms with E-state index in [4.69, 9.17) is 0 Å². The SMILES string of the molecule is C[C@H]1CCCCCCCCCC[C@@H](C(O)C(=O)CCC(=O)NCc2ccccc2)CC(=O)C2[C@@H]3[C@H](CN2C1=O)C3(C)C. The Balaban J connectivity index is 1.41. The second kappa shape index (κ2) is 14.8. The fraction of sp³-hybridized carbons (Fsp3) is 0.714. The van der Waals surface area contributed by atoms with E-state index >= 15 is 0 Å². The number of hydrogen-bond acceptors (Lipinski definition) is 5. The van der Waals surface area contributed by atoms with Crippen LogP contribution in [0.5, 0.6) is 0 Å². The fourth-order valence-corrected chi connectivity index (χ4v) is 7.49. The van der Waals surface area contributed by atoms with Crippen molar-refractivity contribution in [3.63, 3.8) is 0 Å². The monoisotopic (exact) mass is 580 g/mol. The van der Waals surface area contributed by atoms with Gasteiger partial charge in [0.15, 0.2) is 11.6 Å². The smallest absolute Gasteiger partial charge is 0.226 e. The summed E-state index contributed by atoms with van der Waals surface area (Å²) >= 11 is 0. The molecular weight excluding hydrogens is 528 g/mol. The third-order valence-electron chi connectivity index (χ3n) is 10.4. The van der Waals surface area contributed by atoms with Crippen molar-refractivity contribution in [1.82, 2.24) is 10.2 Å². The predicted molar refractivity (Wildman–Crippen MR) is 163 cm³/mol. The predicted octanol–water partition coefficient (Wildman–Crippen LogP) is 5.62. The van der Waals surface area contributed by atoms with Crippen molar-refractivity contribution < 1.29 is 24.3 Å². The molecule has 7 nitrogen and oxygen atoms in total. The lowest BCUT2D eigenvalue weighted by molar-refractivity contribution is -0.143. The number of benzene rings is 1. The summed E-state index contributed by atoms with van der Waals surface area (Å²) in [6, 6.07) is 9.11. The summed E-state index contributed by atoms with van der Waals surface area (Å²) in [6.45, 7) is 7.38. The molecule has 0 bridgehead atoms. The third kappa shape index (κ3) is 8.09. The quantitative estimate of drug-likeness (QED) is 0.436. The molecule has 2 heterocycles. The Morgan fingerprint density at radius 2 is 1.57 bits per heavy atom. The lowest BCUT2D eigenvalue weighted by Gasteiger charge is -2.33. The van der Waals surface area contributed by atoms with E-state index in [2.05, 4.69) is 19.2 Å². The van der Waals surface area contributed by atoms with Gasteiger partial charge in [-0.2, -0.15) is 0 Å². The first kappa shape index (κ1) is 32.4. The maximum atomic E-state index is 14.0. The lowest BCUT2D eigenvalue weighted by atomic mass is 9.84. The minimum Gasteiger partial charge on any atom is -0.385 e. The van der Waals surface area contributed by atoms with Crippen molar-refractivity contribution in [2.45, 2.75) is 123 Å². The van der Waals surface area contributed by atoms with Gasteiger partial charge in [-0.15, -0.1) is 0 Å². The Morgan fingerprint density at radius 3 is 2.24 bits per heavy atom. The molecule has 1 aliphatic carbocycles. The van der Waals surface area contributed by atoms with Gasteiger partial charge in [-0.1, -0.05) is 102 Å². The summed E-state index contributed by atoms with van der Waals surface area (Å²) in [5.41, 5.74) is 1.00. The molecule has 2 saturated heterocycles. The number of rotatable bonds is 7. The highest BCUT2D eigenvalue weighted by atomic mass is 16.3. The van der Waals surface area contributed by atoms with Crippen molar-refractivity contribution in [2.24, 2.45) is 29.1 Å². The Kier molecular flexibility index (Phi) is 11.4. The summed E-state index contributed by atoms with van der Waals surface area (Å²) in [6.07, 6.45) is 8.86. The summed E-state index contributed by atoms with van der Waals surface area (Å²) in [5.74, 6) is -0.689. The van der Waals surface area contributed by atoms with E-state index in [0.29, 0.717) is 25.4 Å². The number of aliphatic hydroxyl groups excluding tert-OH is 1. The largest absolute Gasteiger partial charge is 0.385 e. The number of ketones is 2. The van der Waals surface area contributed by atoms with Gasteiger partial charge in [-0.3, -0.25) is 19.2 Å². The normalized spacial score (nSPS) is 29.6. The number of aliphatic hydroxyl groups is 1. The molecule has 7 heteroatoms. The van der Waals surface area contributed by atoms with E-state index in [9.17, 15) is 24.3 Å². The first-order valence-electron chi connectivity index (χ1n) is 16.5. The average Bonchev–Trinajstić information content (AvgIpc) is 3.29. The number of carbonyl (C=O) groups is 4. The van der Waals surface area contributed by atoms with Gasteiger partial charge in [0.05, 0.1) is 6.04 Å². The van der Waals surface area contributed by atoms with Crippen LogP contribution in [0.15, 0.2) is 30.3 Å². The van der Waals surface area contributed by atoms with Crippen LogP contribution in [0.2, 0.25) is 0 Å². The van der Waals surface area contributed by atoms with Crippen LogP contribution in [0.1, 0.15) is 110 Å². The van der Waals surface area contributed by atoms with E-state index in [1.54, 1.807) is 0 Å². The molecule has 3 aliphatic rings. The molecule has 1 aromatic rings. The van der Waals surface area contributed by atoms with Crippen LogP contribution >= 0.6 is 0 Å². The van der Waals surface area contributed by atoms with Gasteiger partial charge in [-0.05, 0) is 41.6 Å². The number of hydrogen-bond donors (Lipinski definition) is 2. The van der Waals surface area contributed by atoms with Crippen molar-refractivity contribution >= 4 is 23.4 Å². The van der Waals surface area contributed by atoms with Gasteiger partial charge in [0.25, 0.3) is 0 Å². The first-order valence-corrected chi connectivity index (χ1v) is 16.5. The molecule has 2 unspecified atom stereocenters. The zero-order chi connectivity index (χ0) is 30.3. The Bertz CT molecular complexity index is 1090. The van der Waals surface area contributed by atoms with Crippen molar-refractivity contribution in [3.8, 4) is 0 Å². The van der Waals surface area contributed by atoms with Crippen LogP contribution in [0, 0.1) is 29.1 Å². The van der Waals surface area contributed by atoms with Crippen molar-refractivity contribution in [1.29, 1.82) is 0 Å². The highest BCUT2D eigenvalue weighted by Gasteiger charge is 2.69. The minimum absolute atomic E-state index is 0.00410. The van der Waals surface area contributed by atoms with E-state index < -0.39 is 18.1 Å². The minimum atomic E-state index is -1.29.